The number of carbonyl (C=O) groups is 2. The number of nitrogens with one attached hydrogen (secondary N) is 1. The van der Waals surface area contributed by atoms with E-state index in [2.05, 4.69) is 5.32 Å². The number of rotatable bonds is 6. The molecule has 0 spiro atoms. The Morgan fingerprint density at radius 2 is 1.90 bits per heavy atom. The number of benzene rings is 1. The van der Waals surface area contributed by atoms with Crippen molar-refractivity contribution in [2.45, 2.75) is 52.4 Å². The summed E-state index contributed by atoms with van der Waals surface area (Å²) in [6.45, 7) is 7.42. The van der Waals surface area contributed by atoms with Crippen molar-refractivity contribution in [2.24, 2.45) is 5.92 Å². The molecule has 7 heteroatoms. The highest BCUT2D eigenvalue weighted by molar-refractivity contribution is 5.92. The molecule has 1 aromatic heterocycles. The van der Waals surface area contributed by atoms with Crippen LogP contribution >= 0.6 is 0 Å². The first-order valence-electron chi connectivity index (χ1n) is 10.3. The van der Waals surface area contributed by atoms with Crippen molar-refractivity contribution in [3.63, 3.8) is 0 Å². The molecule has 1 aliphatic rings. The molecule has 0 atom stereocenters. The number of hydrogen-bond donors (Lipinski definition) is 1. The van der Waals surface area contributed by atoms with Crippen LogP contribution in [-0.4, -0.2) is 35.6 Å². The lowest BCUT2D eigenvalue weighted by Gasteiger charge is -2.32. The van der Waals surface area contributed by atoms with E-state index in [0.29, 0.717) is 39.1 Å². The smallest absolute Gasteiger partial charge is 0.410 e. The second kappa shape index (κ2) is 9.80. The van der Waals surface area contributed by atoms with Gasteiger partial charge in [-0.3, -0.25) is 4.79 Å². The molecule has 1 saturated heterocycles. The molecule has 3 rings (SSSR count). The van der Waals surface area contributed by atoms with E-state index in [1.807, 2.05) is 57.2 Å². The maximum atomic E-state index is 12.7. The van der Waals surface area contributed by atoms with E-state index in [4.69, 9.17) is 13.9 Å². The van der Waals surface area contributed by atoms with Crippen LogP contribution in [0.3, 0.4) is 0 Å². The molecule has 2 aromatic rings. The summed E-state index contributed by atoms with van der Waals surface area (Å²) >= 11 is 0. The molecule has 1 fully saturated rings. The minimum atomic E-state index is -0.516. The van der Waals surface area contributed by atoms with Crippen LogP contribution in [0.5, 0.6) is 0 Å². The number of amides is 2. The number of furan rings is 1. The Morgan fingerprint density at radius 1 is 1.13 bits per heavy atom. The van der Waals surface area contributed by atoms with Crippen LogP contribution in [-0.2, 0) is 27.5 Å². The average Bonchev–Trinajstić information content (AvgIpc) is 3.20. The van der Waals surface area contributed by atoms with Gasteiger partial charge < -0.3 is 24.1 Å². The van der Waals surface area contributed by atoms with Gasteiger partial charge in [0.05, 0.1) is 12.9 Å². The number of ether oxygens (including phenoxy) is 2. The Hall–Kier alpha value is -2.80. The van der Waals surface area contributed by atoms with Crippen molar-refractivity contribution in [1.29, 1.82) is 0 Å². The molecule has 1 aromatic carbocycles. The van der Waals surface area contributed by atoms with Gasteiger partial charge >= 0.3 is 6.09 Å². The Balaban J connectivity index is 1.45. The van der Waals surface area contributed by atoms with Gasteiger partial charge in [-0.15, -0.1) is 0 Å². The SMILES string of the molecule is CC(C)(C)OC(=O)N1CCC(C(=O)Nc2cccc(COCc3ccco3)c2)CC1. The first-order valence-corrected chi connectivity index (χ1v) is 10.3. The molecule has 2 amide bonds. The average molecular weight is 415 g/mol. The van der Waals surface area contributed by atoms with E-state index < -0.39 is 5.60 Å². The monoisotopic (exact) mass is 414 g/mol. The number of nitrogens with zero attached hydrogens (tertiary/aromatic N) is 1. The zero-order valence-electron chi connectivity index (χ0n) is 17.8. The van der Waals surface area contributed by atoms with Crippen LogP contribution in [0.2, 0.25) is 0 Å². The standard InChI is InChI=1S/C23H30N2O5/c1-23(2,3)30-22(27)25-11-9-18(10-12-25)21(26)24-19-7-4-6-17(14-19)15-28-16-20-8-5-13-29-20/h4-8,13-14,18H,9-12,15-16H2,1-3H3,(H,24,26). The normalized spacial score (nSPS) is 15.1. The number of hydrogen-bond acceptors (Lipinski definition) is 5. The Labute approximate surface area is 177 Å². The molecule has 0 radical (unpaired) electrons. The zero-order chi connectivity index (χ0) is 21.6. The maximum Gasteiger partial charge on any atom is 0.410 e. The Bertz CT molecular complexity index is 834. The highest BCUT2D eigenvalue weighted by Crippen LogP contribution is 2.22. The van der Waals surface area contributed by atoms with E-state index in [1.165, 1.54) is 0 Å². The molecule has 2 heterocycles. The summed E-state index contributed by atoms with van der Waals surface area (Å²) in [5.41, 5.74) is 1.20. The summed E-state index contributed by atoms with van der Waals surface area (Å²) in [5, 5.41) is 2.99. The molecule has 1 N–H and O–H groups in total. The fraction of sp³-hybridized carbons (Fsp3) is 0.478. The van der Waals surface area contributed by atoms with Gasteiger partial charge in [0, 0.05) is 24.7 Å². The van der Waals surface area contributed by atoms with Crippen LogP contribution < -0.4 is 5.32 Å². The number of anilines is 1. The Kier molecular flexibility index (Phi) is 7.15. The Morgan fingerprint density at radius 3 is 2.57 bits per heavy atom. The highest BCUT2D eigenvalue weighted by atomic mass is 16.6. The zero-order valence-corrected chi connectivity index (χ0v) is 17.8. The van der Waals surface area contributed by atoms with Gasteiger partial charge in [0.25, 0.3) is 0 Å². The van der Waals surface area contributed by atoms with E-state index in [1.54, 1.807) is 11.2 Å². The molecular weight excluding hydrogens is 384 g/mol. The lowest BCUT2D eigenvalue weighted by molar-refractivity contribution is -0.121. The van der Waals surface area contributed by atoms with Crippen LogP contribution in [0, 0.1) is 5.92 Å². The second-order valence-electron chi connectivity index (χ2n) is 8.50. The summed E-state index contributed by atoms with van der Waals surface area (Å²) < 4.78 is 16.3. The third-order valence-electron chi connectivity index (χ3n) is 4.81. The van der Waals surface area contributed by atoms with Gasteiger partial charge in [0.15, 0.2) is 0 Å². The largest absolute Gasteiger partial charge is 0.467 e. The second-order valence-corrected chi connectivity index (χ2v) is 8.50. The van der Waals surface area contributed by atoms with Gasteiger partial charge in [-0.2, -0.15) is 0 Å². The summed E-state index contributed by atoms with van der Waals surface area (Å²) in [6.07, 6.45) is 2.55. The van der Waals surface area contributed by atoms with E-state index >= 15 is 0 Å². The van der Waals surface area contributed by atoms with Crippen LogP contribution in [0.25, 0.3) is 0 Å². The lowest BCUT2D eigenvalue weighted by atomic mass is 9.96. The molecule has 0 saturated carbocycles. The van der Waals surface area contributed by atoms with Crippen molar-refractivity contribution >= 4 is 17.7 Å². The first-order chi connectivity index (χ1) is 14.3. The molecule has 162 valence electrons. The van der Waals surface area contributed by atoms with Crippen molar-refractivity contribution in [3.05, 3.63) is 54.0 Å². The quantitative estimate of drug-likeness (QED) is 0.748. The summed E-state index contributed by atoms with van der Waals surface area (Å²) in [4.78, 5) is 26.5. The van der Waals surface area contributed by atoms with E-state index in [-0.39, 0.29) is 17.9 Å². The van der Waals surface area contributed by atoms with Crippen LogP contribution in [0.4, 0.5) is 10.5 Å². The van der Waals surface area contributed by atoms with Crippen molar-refractivity contribution in [3.8, 4) is 0 Å². The fourth-order valence-corrected chi connectivity index (χ4v) is 3.30. The predicted octanol–water partition coefficient (Wildman–Crippen LogP) is 4.58. The molecule has 1 aliphatic heterocycles. The van der Waals surface area contributed by atoms with Gasteiger partial charge in [-0.05, 0) is 63.4 Å². The first kappa shape index (κ1) is 21.9. The van der Waals surface area contributed by atoms with Crippen LogP contribution in [0.15, 0.2) is 47.1 Å². The molecule has 0 aliphatic carbocycles. The molecule has 7 nitrogen and oxygen atoms in total. The molecule has 30 heavy (non-hydrogen) atoms. The third kappa shape index (κ3) is 6.62. The van der Waals surface area contributed by atoms with Gasteiger partial charge in [-0.25, -0.2) is 4.79 Å². The van der Waals surface area contributed by atoms with Gasteiger partial charge in [-0.1, -0.05) is 12.1 Å². The molecular formula is C23H30N2O5. The van der Waals surface area contributed by atoms with Crippen molar-refractivity contribution in [2.75, 3.05) is 18.4 Å². The molecule has 0 bridgehead atoms. The fourth-order valence-electron chi connectivity index (χ4n) is 3.30. The predicted molar refractivity (Wildman–Crippen MR) is 113 cm³/mol. The lowest BCUT2D eigenvalue weighted by Crippen LogP contribution is -2.43. The summed E-state index contributed by atoms with van der Waals surface area (Å²) in [6, 6.07) is 11.3. The third-order valence-corrected chi connectivity index (χ3v) is 4.81. The summed E-state index contributed by atoms with van der Waals surface area (Å²) in [5.74, 6) is 0.632. The maximum absolute atomic E-state index is 12.7. The van der Waals surface area contributed by atoms with Crippen LogP contribution in [0.1, 0.15) is 44.9 Å². The van der Waals surface area contributed by atoms with Crippen molar-refractivity contribution < 1.29 is 23.5 Å². The number of likely N-dealkylation sites (tertiary alicyclic amines) is 1. The van der Waals surface area contributed by atoms with E-state index in [0.717, 1.165) is 17.0 Å². The molecule has 0 unspecified atom stereocenters. The summed E-state index contributed by atoms with van der Waals surface area (Å²) in [7, 11) is 0. The van der Waals surface area contributed by atoms with Crippen molar-refractivity contribution in [1.82, 2.24) is 4.90 Å². The van der Waals surface area contributed by atoms with E-state index in [9.17, 15) is 9.59 Å². The topological polar surface area (TPSA) is 81.0 Å². The number of carbonyl (C=O) groups excluding carboxylic acids is 2. The minimum Gasteiger partial charge on any atom is -0.467 e. The number of piperidine rings is 1. The van der Waals surface area contributed by atoms with Gasteiger partial charge in [0.1, 0.15) is 18.0 Å². The van der Waals surface area contributed by atoms with Gasteiger partial charge in [0.2, 0.25) is 5.91 Å². The minimum absolute atomic E-state index is 0.0208. The highest BCUT2D eigenvalue weighted by Gasteiger charge is 2.29.